The van der Waals surface area contributed by atoms with Crippen molar-refractivity contribution in [2.24, 2.45) is 0 Å². The second-order valence-electron chi connectivity index (χ2n) is 5.90. The van der Waals surface area contributed by atoms with E-state index in [0.717, 1.165) is 0 Å². The molecule has 0 amide bonds. The van der Waals surface area contributed by atoms with E-state index >= 15 is 0 Å². The van der Waals surface area contributed by atoms with Crippen LogP contribution < -0.4 is 0 Å². The molecule has 0 N–H and O–H groups in total. The van der Waals surface area contributed by atoms with Gasteiger partial charge in [-0.1, -0.05) is 0 Å². The summed E-state index contributed by atoms with van der Waals surface area (Å²) in [4.78, 5) is 12.0. The Morgan fingerprint density at radius 3 is 2.33 bits per heavy atom. The molecule has 18 heavy (non-hydrogen) atoms. The van der Waals surface area contributed by atoms with E-state index < -0.39 is 32.9 Å². The van der Waals surface area contributed by atoms with Gasteiger partial charge >= 0.3 is 5.97 Å². The minimum absolute atomic E-state index is 0.407. The molecule has 0 aromatic heterocycles. The summed E-state index contributed by atoms with van der Waals surface area (Å²) in [5, 5.41) is -0.513. The highest BCUT2D eigenvalue weighted by molar-refractivity contribution is 7.89. The first-order valence-corrected chi connectivity index (χ1v) is 7.79. The molecule has 5 nitrogen and oxygen atoms in total. The van der Waals surface area contributed by atoms with Crippen LogP contribution in [0.4, 0.5) is 0 Å². The fraction of sp³-hybridized carbons (Fsp3) is 0.917. The van der Waals surface area contributed by atoms with Gasteiger partial charge in [0.25, 0.3) is 0 Å². The molecule has 6 heteroatoms. The van der Waals surface area contributed by atoms with Gasteiger partial charge in [-0.15, -0.1) is 0 Å². The highest BCUT2D eigenvalue weighted by Crippen LogP contribution is 2.25. The number of sulfonamides is 1. The van der Waals surface area contributed by atoms with Crippen molar-refractivity contribution in [3.05, 3.63) is 0 Å². The van der Waals surface area contributed by atoms with Gasteiger partial charge in [-0.3, -0.25) is 4.79 Å². The van der Waals surface area contributed by atoms with Crippen LogP contribution in [0.25, 0.3) is 0 Å². The van der Waals surface area contributed by atoms with Crippen LogP contribution >= 0.6 is 0 Å². The van der Waals surface area contributed by atoms with Crippen LogP contribution in [0, 0.1) is 0 Å². The van der Waals surface area contributed by atoms with Crippen LogP contribution in [-0.2, 0) is 19.6 Å². The van der Waals surface area contributed by atoms with E-state index in [9.17, 15) is 13.2 Å². The van der Waals surface area contributed by atoms with E-state index in [2.05, 4.69) is 0 Å². The molecule has 0 saturated carbocycles. The summed E-state index contributed by atoms with van der Waals surface area (Å²) >= 11 is 0. The third kappa shape index (κ3) is 3.45. The third-order valence-corrected chi connectivity index (χ3v) is 5.09. The van der Waals surface area contributed by atoms with Gasteiger partial charge < -0.3 is 4.74 Å². The van der Waals surface area contributed by atoms with Gasteiger partial charge in [0.1, 0.15) is 11.6 Å². The fourth-order valence-electron chi connectivity index (χ4n) is 1.92. The van der Waals surface area contributed by atoms with Crippen molar-refractivity contribution in [3.63, 3.8) is 0 Å². The summed E-state index contributed by atoms with van der Waals surface area (Å²) in [6.45, 7) is 8.99. The maximum Gasteiger partial charge on any atom is 0.324 e. The van der Waals surface area contributed by atoms with E-state index in [4.69, 9.17) is 4.74 Å². The normalized spacial score (nSPS) is 22.4. The van der Waals surface area contributed by atoms with Gasteiger partial charge in [0.15, 0.2) is 0 Å². The number of hydrogen-bond donors (Lipinski definition) is 0. The Kier molecular flexibility index (Phi) is 4.43. The third-order valence-electron chi connectivity index (χ3n) is 2.81. The molecule has 0 bridgehead atoms. The van der Waals surface area contributed by atoms with Crippen molar-refractivity contribution >= 4 is 16.0 Å². The number of hydrogen-bond acceptors (Lipinski definition) is 4. The van der Waals surface area contributed by atoms with Crippen molar-refractivity contribution in [3.8, 4) is 0 Å². The van der Waals surface area contributed by atoms with Crippen molar-refractivity contribution in [1.82, 2.24) is 4.31 Å². The Balaban J connectivity index is 2.87. The lowest BCUT2D eigenvalue weighted by atomic mass is 10.2. The molecule has 0 spiro atoms. The van der Waals surface area contributed by atoms with Crippen LogP contribution in [0.5, 0.6) is 0 Å². The molecule has 1 atom stereocenters. The van der Waals surface area contributed by atoms with Gasteiger partial charge in [0, 0.05) is 6.54 Å². The molecule has 1 heterocycles. The van der Waals surface area contributed by atoms with Crippen molar-refractivity contribution in [2.45, 2.75) is 64.4 Å². The Labute approximate surface area is 110 Å². The molecule has 0 unspecified atom stereocenters. The summed E-state index contributed by atoms with van der Waals surface area (Å²) in [5.74, 6) is -0.441. The van der Waals surface area contributed by atoms with E-state index in [-0.39, 0.29) is 0 Å². The Bertz CT molecular complexity index is 408. The average molecular weight is 277 g/mol. The monoisotopic (exact) mass is 277 g/mol. The largest absolute Gasteiger partial charge is 0.459 e. The first-order valence-electron chi connectivity index (χ1n) is 6.29. The number of rotatable bonds is 3. The zero-order valence-electron chi connectivity index (χ0n) is 11.8. The van der Waals surface area contributed by atoms with Crippen LogP contribution in [0.3, 0.4) is 0 Å². The molecular weight excluding hydrogens is 254 g/mol. The van der Waals surface area contributed by atoms with Gasteiger partial charge in [-0.05, 0) is 47.5 Å². The SMILES string of the molecule is CC(C)S(=O)(=O)N1CCC[C@@H]1C(=O)OC(C)(C)C. The number of nitrogens with zero attached hydrogens (tertiary/aromatic N) is 1. The minimum Gasteiger partial charge on any atom is -0.459 e. The van der Waals surface area contributed by atoms with Crippen LogP contribution in [0.1, 0.15) is 47.5 Å². The zero-order valence-corrected chi connectivity index (χ0v) is 12.6. The van der Waals surface area contributed by atoms with E-state index in [1.165, 1.54) is 4.31 Å². The standard InChI is InChI=1S/C12H23NO4S/c1-9(2)18(15,16)13-8-6-7-10(13)11(14)17-12(3,4)5/h9-10H,6-8H2,1-5H3/t10-/m1/s1. The molecule has 0 radical (unpaired) electrons. The summed E-state index contributed by atoms with van der Waals surface area (Å²) in [6.07, 6.45) is 1.25. The van der Waals surface area contributed by atoms with Crippen molar-refractivity contribution in [2.75, 3.05) is 6.54 Å². The van der Waals surface area contributed by atoms with Crippen molar-refractivity contribution < 1.29 is 17.9 Å². The number of carbonyl (C=O) groups excluding carboxylic acids is 1. The molecule has 1 saturated heterocycles. The van der Waals surface area contributed by atoms with E-state index in [1.54, 1.807) is 34.6 Å². The highest BCUT2D eigenvalue weighted by atomic mass is 32.2. The molecule has 0 aromatic rings. The summed E-state index contributed by atoms with van der Waals surface area (Å²) in [6, 6.07) is -0.656. The van der Waals surface area contributed by atoms with Crippen molar-refractivity contribution in [1.29, 1.82) is 0 Å². The zero-order chi connectivity index (χ0) is 14.1. The van der Waals surface area contributed by atoms with Gasteiger partial charge in [-0.25, -0.2) is 8.42 Å². The summed E-state index contributed by atoms with van der Waals surface area (Å²) in [5.41, 5.74) is -0.590. The lowest BCUT2D eigenvalue weighted by Crippen LogP contribution is -2.45. The molecule has 106 valence electrons. The maximum absolute atomic E-state index is 12.1. The highest BCUT2D eigenvalue weighted by Gasteiger charge is 2.41. The molecule has 1 rings (SSSR count). The lowest BCUT2D eigenvalue weighted by Gasteiger charge is -2.28. The molecule has 0 aliphatic carbocycles. The summed E-state index contributed by atoms with van der Waals surface area (Å²) in [7, 11) is -3.39. The predicted molar refractivity (Wildman–Crippen MR) is 69.6 cm³/mol. The van der Waals surface area contributed by atoms with Gasteiger partial charge in [0.2, 0.25) is 10.0 Å². The topological polar surface area (TPSA) is 63.7 Å². The van der Waals surface area contributed by atoms with E-state index in [0.29, 0.717) is 19.4 Å². The number of carbonyl (C=O) groups is 1. The first-order chi connectivity index (χ1) is 8.05. The molecule has 1 aliphatic heterocycles. The molecule has 1 fully saturated rings. The smallest absolute Gasteiger partial charge is 0.324 e. The molecule has 1 aliphatic rings. The van der Waals surface area contributed by atoms with Gasteiger partial charge in [-0.2, -0.15) is 4.31 Å². The Morgan fingerprint density at radius 2 is 1.89 bits per heavy atom. The maximum atomic E-state index is 12.1. The minimum atomic E-state index is -3.39. The van der Waals surface area contributed by atoms with Crippen LogP contribution in [-0.4, -0.2) is 42.1 Å². The first kappa shape index (κ1) is 15.4. The number of esters is 1. The molecule has 0 aromatic carbocycles. The van der Waals surface area contributed by atoms with Crippen LogP contribution in [0.15, 0.2) is 0 Å². The Morgan fingerprint density at radius 1 is 1.33 bits per heavy atom. The Hall–Kier alpha value is -0.620. The van der Waals surface area contributed by atoms with Crippen LogP contribution in [0.2, 0.25) is 0 Å². The average Bonchev–Trinajstić information content (AvgIpc) is 2.62. The second-order valence-corrected chi connectivity index (χ2v) is 8.34. The predicted octanol–water partition coefficient (Wildman–Crippen LogP) is 1.53. The van der Waals surface area contributed by atoms with Gasteiger partial charge in [0.05, 0.1) is 5.25 Å². The fourth-order valence-corrected chi connectivity index (χ4v) is 3.39. The second kappa shape index (κ2) is 5.17. The van der Waals surface area contributed by atoms with E-state index in [1.807, 2.05) is 0 Å². The quantitative estimate of drug-likeness (QED) is 0.734. The summed E-state index contributed by atoms with van der Waals surface area (Å²) < 4.78 is 30.8. The molecular formula is C12H23NO4S. The number of ether oxygens (including phenoxy) is 1. The lowest BCUT2D eigenvalue weighted by molar-refractivity contribution is -0.158.